The molecule has 2 aromatic rings. The van der Waals surface area contributed by atoms with E-state index in [1.54, 1.807) is 13.2 Å². The Hall–Kier alpha value is -1.76. The van der Waals surface area contributed by atoms with Crippen molar-refractivity contribution in [3.63, 3.8) is 0 Å². The van der Waals surface area contributed by atoms with E-state index in [0.717, 1.165) is 48.8 Å². The van der Waals surface area contributed by atoms with Crippen molar-refractivity contribution in [2.75, 3.05) is 40.4 Å². The van der Waals surface area contributed by atoms with E-state index in [0.29, 0.717) is 12.5 Å². The number of hydrogen-bond donors (Lipinski definition) is 0. The van der Waals surface area contributed by atoms with Crippen LogP contribution in [-0.2, 0) is 11.2 Å². The maximum Gasteiger partial charge on any atom is 0.272 e. The van der Waals surface area contributed by atoms with Gasteiger partial charge in [-0.25, -0.2) is 8.78 Å². The highest BCUT2D eigenvalue weighted by atomic mass is 32.1. The van der Waals surface area contributed by atoms with Gasteiger partial charge in [0.05, 0.1) is 4.88 Å². The molecule has 0 saturated carbocycles. The molecule has 0 radical (unpaired) electrons. The van der Waals surface area contributed by atoms with Gasteiger partial charge in [-0.15, -0.1) is 11.3 Å². The number of halogens is 2. The Morgan fingerprint density at radius 1 is 1.25 bits per heavy atom. The highest BCUT2D eigenvalue weighted by molar-refractivity contribution is 7.12. The topological polar surface area (TPSA) is 15.7 Å². The van der Waals surface area contributed by atoms with Crippen LogP contribution in [0.3, 0.4) is 0 Å². The summed E-state index contributed by atoms with van der Waals surface area (Å²) in [6, 6.07) is 10.4. The van der Waals surface area contributed by atoms with Crippen molar-refractivity contribution in [2.45, 2.75) is 25.3 Å². The molecule has 0 unspecified atom stereocenters. The van der Waals surface area contributed by atoms with Crippen LogP contribution in [0, 0.1) is 0 Å². The Bertz CT molecular complexity index is 864. The molecule has 3 nitrogen and oxygen atoms in total. The molecule has 1 aliphatic carbocycles. The van der Waals surface area contributed by atoms with Crippen molar-refractivity contribution in [3.05, 3.63) is 56.8 Å². The number of piperazine rings is 1. The van der Waals surface area contributed by atoms with E-state index in [4.69, 9.17) is 4.74 Å². The van der Waals surface area contributed by atoms with Crippen molar-refractivity contribution in [1.29, 1.82) is 0 Å². The zero-order valence-electron chi connectivity index (χ0n) is 16.3. The summed E-state index contributed by atoms with van der Waals surface area (Å²) in [6.45, 7) is 3.46. The van der Waals surface area contributed by atoms with Crippen molar-refractivity contribution in [2.24, 2.45) is 0 Å². The number of methoxy groups -OCH3 is 1. The van der Waals surface area contributed by atoms with Gasteiger partial charge in [-0.05, 0) is 36.7 Å². The maximum absolute atomic E-state index is 13.4. The third kappa shape index (κ3) is 3.86. The number of ether oxygens (including phenoxy) is 1. The summed E-state index contributed by atoms with van der Waals surface area (Å²) in [4.78, 5) is 5.96. The fraction of sp³-hybridized carbons (Fsp3) is 0.455. The van der Waals surface area contributed by atoms with E-state index in [1.807, 2.05) is 12.1 Å². The fourth-order valence-corrected chi connectivity index (χ4v) is 5.18. The van der Waals surface area contributed by atoms with Crippen LogP contribution in [0.1, 0.15) is 39.3 Å². The predicted octanol–water partition coefficient (Wildman–Crippen LogP) is 4.74. The Morgan fingerprint density at radius 3 is 2.86 bits per heavy atom. The number of nitrogens with zero attached hydrogens (tertiary/aromatic N) is 2. The molecule has 0 spiro atoms. The van der Waals surface area contributed by atoms with E-state index in [2.05, 4.69) is 35.1 Å². The zero-order chi connectivity index (χ0) is 19.7. The maximum atomic E-state index is 13.4. The molecule has 1 aromatic carbocycles. The van der Waals surface area contributed by atoms with Crippen molar-refractivity contribution < 1.29 is 13.5 Å². The van der Waals surface area contributed by atoms with E-state index in [-0.39, 0.29) is 4.88 Å². The quantitative estimate of drug-likeness (QED) is 0.716. The van der Waals surface area contributed by atoms with E-state index >= 15 is 0 Å². The lowest BCUT2D eigenvalue weighted by Crippen LogP contribution is -2.50. The van der Waals surface area contributed by atoms with Crippen LogP contribution in [0.2, 0.25) is 0 Å². The molecule has 1 fully saturated rings. The lowest BCUT2D eigenvalue weighted by Gasteiger charge is -2.41. The standard InChI is InChI=1S/C22H26F2N2OS/c1-25-8-9-26(14-17(25)7-10-27-2)19-11-15-5-3-4-6-16(15)12-20-18(19)13-21(28-20)22(23)24/h3-6,11,13,17,22H,7-10,12,14H2,1-2H3/t17-/m0/s1. The van der Waals surface area contributed by atoms with Gasteiger partial charge >= 0.3 is 0 Å². The van der Waals surface area contributed by atoms with Crippen LogP contribution in [0.5, 0.6) is 0 Å². The van der Waals surface area contributed by atoms with Gasteiger partial charge in [-0.3, -0.25) is 4.90 Å². The highest BCUT2D eigenvalue weighted by Gasteiger charge is 2.29. The van der Waals surface area contributed by atoms with Crippen molar-refractivity contribution in [1.82, 2.24) is 9.80 Å². The second kappa shape index (κ2) is 8.31. The molecule has 1 aliphatic heterocycles. The number of thiophene rings is 1. The fourth-order valence-electron chi connectivity index (χ4n) is 4.13. The molecule has 2 heterocycles. The minimum Gasteiger partial charge on any atom is -0.385 e. The molecule has 28 heavy (non-hydrogen) atoms. The molecule has 2 aliphatic rings. The second-order valence-corrected chi connectivity index (χ2v) is 8.72. The van der Waals surface area contributed by atoms with Crippen LogP contribution in [0.15, 0.2) is 30.3 Å². The first kappa shape index (κ1) is 19.6. The smallest absolute Gasteiger partial charge is 0.272 e. The number of alkyl halides is 2. The monoisotopic (exact) mass is 404 g/mol. The molecular weight excluding hydrogens is 378 g/mol. The number of hydrogen-bond acceptors (Lipinski definition) is 4. The minimum atomic E-state index is -2.42. The molecule has 0 amide bonds. The average Bonchev–Trinajstić information content (AvgIpc) is 3.04. The predicted molar refractivity (Wildman–Crippen MR) is 111 cm³/mol. The van der Waals surface area contributed by atoms with Crippen molar-refractivity contribution >= 4 is 23.1 Å². The summed E-state index contributed by atoms with van der Waals surface area (Å²) in [6.07, 6.45) is 1.45. The van der Waals surface area contributed by atoms with Gasteiger partial charge in [0.25, 0.3) is 6.43 Å². The first-order chi connectivity index (χ1) is 13.6. The van der Waals surface area contributed by atoms with Crippen LogP contribution < -0.4 is 0 Å². The number of likely N-dealkylation sites (N-methyl/N-ethyl adjacent to an activating group) is 1. The average molecular weight is 405 g/mol. The first-order valence-corrected chi connectivity index (χ1v) is 10.5. The van der Waals surface area contributed by atoms with Gasteiger partial charge in [-0.2, -0.15) is 0 Å². The summed E-state index contributed by atoms with van der Waals surface area (Å²) >= 11 is 1.26. The molecule has 6 heteroatoms. The zero-order valence-corrected chi connectivity index (χ0v) is 17.1. The van der Waals surface area contributed by atoms with Crippen LogP contribution in [-0.4, -0.2) is 56.2 Å². The normalized spacial score (nSPS) is 20.0. The van der Waals surface area contributed by atoms with Crippen LogP contribution in [0.4, 0.5) is 8.78 Å². The van der Waals surface area contributed by atoms with Gasteiger partial charge in [-0.1, -0.05) is 24.3 Å². The van der Waals surface area contributed by atoms with Crippen molar-refractivity contribution in [3.8, 4) is 0 Å². The third-order valence-corrected chi connectivity index (χ3v) is 6.93. The molecular formula is C22H26F2N2OS. The Morgan fingerprint density at radius 2 is 2.07 bits per heavy atom. The van der Waals surface area contributed by atoms with E-state index < -0.39 is 6.43 Å². The van der Waals surface area contributed by atoms with Crippen LogP contribution >= 0.6 is 11.3 Å². The number of benzene rings is 1. The van der Waals surface area contributed by atoms with Gasteiger partial charge < -0.3 is 9.64 Å². The van der Waals surface area contributed by atoms with Gasteiger partial charge in [0.15, 0.2) is 0 Å². The van der Waals surface area contributed by atoms with Gasteiger partial charge in [0, 0.05) is 62.0 Å². The molecule has 4 rings (SSSR count). The van der Waals surface area contributed by atoms with Gasteiger partial charge in [0.1, 0.15) is 0 Å². The molecule has 0 bridgehead atoms. The number of fused-ring (bicyclic) bond motifs is 2. The lowest BCUT2D eigenvalue weighted by molar-refractivity contribution is 0.0966. The van der Waals surface area contributed by atoms with Gasteiger partial charge in [0.2, 0.25) is 0 Å². The molecule has 1 aromatic heterocycles. The highest BCUT2D eigenvalue weighted by Crippen LogP contribution is 2.40. The Labute approximate surface area is 169 Å². The first-order valence-electron chi connectivity index (χ1n) is 9.71. The third-order valence-electron chi connectivity index (χ3n) is 5.79. The lowest BCUT2D eigenvalue weighted by atomic mass is 10.0. The molecule has 1 atom stereocenters. The summed E-state index contributed by atoms with van der Waals surface area (Å²) in [5, 5.41) is 0. The second-order valence-electron chi connectivity index (χ2n) is 7.55. The summed E-state index contributed by atoms with van der Waals surface area (Å²) in [5.41, 5.74) is 4.45. The van der Waals surface area contributed by atoms with E-state index in [9.17, 15) is 8.78 Å². The molecule has 150 valence electrons. The van der Waals surface area contributed by atoms with Crippen LogP contribution in [0.25, 0.3) is 11.8 Å². The Kier molecular flexibility index (Phi) is 5.80. The summed E-state index contributed by atoms with van der Waals surface area (Å²) in [5.74, 6) is 0. The molecule has 1 saturated heterocycles. The Balaban J connectivity index is 1.72. The molecule has 0 N–H and O–H groups in total. The summed E-state index contributed by atoms with van der Waals surface area (Å²) < 4.78 is 32.1. The minimum absolute atomic E-state index is 0.167. The number of rotatable bonds is 5. The largest absolute Gasteiger partial charge is 0.385 e. The van der Waals surface area contributed by atoms with E-state index in [1.165, 1.54) is 22.5 Å². The summed E-state index contributed by atoms with van der Waals surface area (Å²) in [7, 11) is 3.88. The SMILES string of the molecule is COCC[C@H]1CN(C2=Cc3ccccc3Cc3sc(C(F)F)cc32)CCN1C.